The highest BCUT2D eigenvalue weighted by atomic mass is 15.2. The molecule has 0 aliphatic carbocycles. The van der Waals surface area contributed by atoms with Crippen LogP contribution in [0.4, 0.5) is 0 Å². The van der Waals surface area contributed by atoms with E-state index in [9.17, 15) is 0 Å². The van der Waals surface area contributed by atoms with E-state index in [1.54, 1.807) is 0 Å². The van der Waals surface area contributed by atoms with Crippen LogP contribution in [0.3, 0.4) is 0 Å². The minimum absolute atomic E-state index is 0.0333. The van der Waals surface area contributed by atoms with Gasteiger partial charge in [0.25, 0.3) is 0 Å². The summed E-state index contributed by atoms with van der Waals surface area (Å²) in [6, 6.07) is 8.73. The lowest BCUT2D eigenvalue weighted by Crippen LogP contribution is -2.29. The second-order valence-electron chi connectivity index (χ2n) is 5.75. The summed E-state index contributed by atoms with van der Waals surface area (Å²) in [4.78, 5) is 6.56. The third-order valence-corrected chi connectivity index (χ3v) is 3.79. The quantitative estimate of drug-likeness (QED) is 0.850. The fraction of sp³-hybridized carbons (Fsp3) is 0.471. The van der Waals surface area contributed by atoms with E-state index in [0.29, 0.717) is 0 Å². The topological polar surface area (TPSA) is 47.1 Å². The summed E-state index contributed by atoms with van der Waals surface area (Å²) in [5, 5.41) is 0. The molecule has 4 nitrogen and oxygen atoms in total. The maximum Gasteiger partial charge on any atom is 0.122 e. The number of nitrogens with two attached hydrogens (primary N) is 1. The molecule has 0 saturated carbocycles. The van der Waals surface area contributed by atoms with E-state index >= 15 is 0 Å². The summed E-state index contributed by atoms with van der Waals surface area (Å²) in [5.74, 6) is 1.06. The van der Waals surface area contributed by atoms with Crippen molar-refractivity contribution in [3.63, 3.8) is 0 Å². The monoisotopic (exact) mass is 286 g/mol. The average Bonchev–Trinajstić information content (AvgIpc) is 2.85. The molecule has 0 fully saturated rings. The fourth-order valence-electron chi connectivity index (χ4n) is 2.52. The Bertz CT molecular complexity index is 544. The zero-order valence-corrected chi connectivity index (χ0v) is 13.3. The van der Waals surface area contributed by atoms with Crippen molar-refractivity contribution in [2.45, 2.75) is 32.4 Å². The van der Waals surface area contributed by atoms with Gasteiger partial charge in [0.05, 0.1) is 6.54 Å². The van der Waals surface area contributed by atoms with E-state index in [1.165, 1.54) is 17.5 Å². The lowest BCUT2D eigenvalue weighted by molar-refractivity contribution is 0.295. The smallest absolute Gasteiger partial charge is 0.122 e. The molecule has 0 spiro atoms. The van der Waals surface area contributed by atoms with Gasteiger partial charge in [0, 0.05) is 32.0 Å². The van der Waals surface area contributed by atoms with Crippen molar-refractivity contribution in [1.82, 2.24) is 14.5 Å². The molecule has 0 aliphatic heterocycles. The second kappa shape index (κ2) is 7.38. The van der Waals surface area contributed by atoms with E-state index in [-0.39, 0.29) is 6.04 Å². The molecule has 1 atom stereocenters. The molecule has 2 aromatic rings. The minimum Gasteiger partial charge on any atom is -0.337 e. The number of hydrogen-bond donors (Lipinski definition) is 1. The second-order valence-corrected chi connectivity index (χ2v) is 5.75. The molecule has 1 aromatic heterocycles. The molecule has 1 heterocycles. The Kier molecular flexibility index (Phi) is 5.53. The van der Waals surface area contributed by atoms with Gasteiger partial charge in [-0.25, -0.2) is 4.98 Å². The third-order valence-electron chi connectivity index (χ3n) is 3.79. The first-order valence-electron chi connectivity index (χ1n) is 7.59. The molecular weight excluding hydrogens is 260 g/mol. The van der Waals surface area contributed by atoms with Crippen LogP contribution < -0.4 is 5.73 Å². The van der Waals surface area contributed by atoms with Gasteiger partial charge >= 0.3 is 0 Å². The summed E-state index contributed by atoms with van der Waals surface area (Å²) >= 11 is 0. The molecule has 0 amide bonds. The molecule has 2 N–H and O–H groups in total. The minimum atomic E-state index is 0.0333. The third kappa shape index (κ3) is 4.41. The van der Waals surface area contributed by atoms with Crippen molar-refractivity contribution in [2.24, 2.45) is 12.8 Å². The lowest BCUT2D eigenvalue weighted by atomic mass is 10.0. The molecule has 4 heteroatoms. The normalized spacial score (nSPS) is 12.8. The van der Waals surface area contributed by atoms with Crippen LogP contribution in [0.2, 0.25) is 0 Å². The van der Waals surface area contributed by atoms with E-state index in [1.807, 2.05) is 24.0 Å². The van der Waals surface area contributed by atoms with Gasteiger partial charge in [0.2, 0.25) is 0 Å². The zero-order chi connectivity index (χ0) is 15.2. The largest absolute Gasteiger partial charge is 0.337 e. The van der Waals surface area contributed by atoms with Crippen LogP contribution in [0.5, 0.6) is 0 Å². The molecule has 2 rings (SSSR count). The summed E-state index contributed by atoms with van der Waals surface area (Å²) < 4.78 is 2.04. The molecule has 1 aromatic carbocycles. The Morgan fingerprint density at radius 3 is 2.57 bits per heavy atom. The molecule has 21 heavy (non-hydrogen) atoms. The van der Waals surface area contributed by atoms with Crippen molar-refractivity contribution in [2.75, 3.05) is 13.6 Å². The van der Waals surface area contributed by atoms with Gasteiger partial charge in [0.15, 0.2) is 0 Å². The number of aromatic nitrogens is 2. The Morgan fingerprint density at radius 1 is 1.29 bits per heavy atom. The molecule has 0 bridgehead atoms. The number of hydrogen-bond acceptors (Lipinski definition) is 3. The van der Waals surface area contributed by atoms with Crippen LogP contribution in [0, 0.1) is 0 Å². The SMILES string of the molecule is CCCc1ccc(C(N)CN(C)Cc2nccn2C)cc1. The Morgan fingerprint density at radius 2 is 2.00 bits per heavy atom. The predicted octanol–water partition coefficient (Wildman–Crippen LogP) is 2.50. The first-order valence-corrected chi connectivity index (χ1v) is 7.59. The number of benzene rings is 1. The molecular formula is C17H26N4. The van der Waals surface area contributed by atoms with Crippen molar-refractivity contribution >= 4 is 0 Å². The van der Waals surface area contributed by atoms with Gasteiger partial charge < -0.3 is 10.3 Å². The highest BCUT2D eigenvalue weighted by Crippen LogP contribution is 2.14. The van der Waals surface area contributed by atoms with Crippen LogP contribution >= 0.6 is 0 Å². The molecule has 114 valence electrons. The fourth-order valence-corrected chi connectivity index (χ4v) is 2.52. The number of aryl methyl sites for hydroxylation is 2. The van der Waals surface area contributed by atoms with Gasteiger partial charge in [-0.3, -0.25) is 4.90 Å². The number of imidazole rings is 1. The van der Waals surface area contributed by atoms with Crippen LogP contribution in [0.1, 0.15) is 36.3 Å². The standard InChI is InChI=1S/C17H26N4/c1-4-5-14-6-8-15(9-7-14)16(18)12-20(2)13-17-19-10-11-21(17)3/h6-11,16H,4-5,12-13,18H2,1-3H3. The first-order chi connectivity index (χ1) is 10.1. The van der Waals surface area contributed by atoms with Crippen LogP contribution in [-0.2, 0) is 20.0 Å². The van der Waals surface area contributed by atoms with Crippen LogP contribution in [0.15, 0.2) is 36.7 Å². The van der Waals surface area contributed by atoms with E-state index in [0.717, 1.165) is 25.3 Å². The Labute approximate surface area is 127 Å². The maximum absolute atomic E-state index is 6.32. The lowest BCUT2D eigenvalue weighted by Gasteiger charge is -2.21. The number of likely N-dealkylation sites (N-methyl/N-ethyl adjacent to an activating group) is 1. The van der Waals surface area contributed by atoms with Gasteiger partial charge in [-0.05, 0) is 24.6 Å². The van der Waals surface area contributed by atoms with Crippen molar-refractivity contribution in [3.8, 4) is 0 Å². The van der Waals surface area contributed by atoms with Crippen molar-refractivity contribution < 1.29 is 0 Å². The average molecular weight is 286 g/mol. The summed E-state index contributed by atoms with van der Waals surface area (Å²) in [6.07, 6.45) is 6.11. The Balaban J connectivity index is 1.91. The molecule has 1 unspecified atom stereocenters. The number of nitrogens with zero attached hydrogens (tertiary/aromatic N) is 3. The number of rotatable bonds is 7. The van der Waals surface area contributed by atoms with Gasteiger partial charge in [0.1, 0.15) is 5.82 Å². The highest BCUT2D eigenvalue weighted by molar-refractivity contribution is 5.25. The highest BCUT2D eigenvalue weighted by Gasteiger charge is 2.11. The predicted molar refractivity (Wildman–Crippen MR) is 86.9 cm³/mol. The Hall–Kier alpha value is -1.65. The van der Waals surface area contributed by atoms with E-state index in [4.69, 9.17) is 5.73 Å². The summed E-state index contributed by atoms with van der Waals surface area (Å²) in [5.41, 5.74) is 8.90. The van der Waals surface area contributed by atoms with Gasteiger partial charge in [-0.2, -0.15) is 0 Å². The van der Waals surface area contributed by atoms with E-state index < -0.39 is 0 Å². The zero-order valence-electron chi connectivity index (χ0n) is 13.3. The van der Waals surface area contributed by atoms with Crippen LogP contribution in [-0.4, -0.2) is 28.0 Å². The van der Waals surface area contributed by atoms with E-state index in [2.05, 4.69) is 48.1 Å². The van der Waals surface area contributed by atoms with Gasteiger partial charge in [-0.15, -0.1) is 0 Å². The molecule has 0 aliphatic rings. The molecule has 0 radical (unpaired) electrons. The van der Waals surface area contributed by atoms with Crippen LogP contribution in [0.25, 0.3) is 0 Å². The van der Waals surface area contributed by atoms with Crippen molar-refractivity contribution in [3.05, 3.63) is 53.6 Å². The van der Waals surface area contributed by atoms with Crippen molar-refractivity contribution in [1.29, 1.82) is 0 Å². The first kappa shape index (κ1) is 15.7. The maximum atomic E-state index is 6.32. The summed E-state index contributed by atoms with van der Waals surface area (Å²) in [6.45, 7) is 3.83. The summed E-state index contributed by atoms with van der Waals surface area (Å²) in [7, 11) is 4.10. The molecule has 0 saturated heterocycles. The van der Waals surface area contributed by atoms with Gasteiger partial charge in [-0.1, -0.05) is 37.6 Å².